The van der Waals surface area contributed by atoms with Gasteiger partial charge in [-0.1, -0.05) is 0 Å². The highest BCUT2D eigenvalue weighted by Gasteiger charge is 2.48. The smallest absolute Gasteiger partial charge is 0.308 e. The molecular formula is C44H42O18. The van der Waals surface area contributed by atoms with Gasteiger partial charge in [-0.15, -0.1) is 0 Å². The second-order valence-electron chi connectivity index (χ2n) is 14.7. The lowest BCUT2D eigenvalue weighted by atomic mass is 9.75. The van der Waals surface area contributed by atoms with Gasteiger partial charge in [-0.05, 0) is 39.8 Å². The number of esters is 6. The number of hydrogen-bond acceptors (Lipinski definition) is 18. The van der Waals surface area contributed by atoms with Gasteiger partial charge in [-0.2, -0.15) is 0 Å². The monoisotopic (exact) mass is 858 g/mol. The van der Waals surface area contributed by atoms with E-state index in [0.29, 0.717) is 0 Å². The first kappa shape index (κ1) is 44.9. The molecule has 0 N–H and O–H groups in total. The molecule has 0 saturated carbocycles. The molecule has 0 spiro atoms. The Morgan fingerprint density at radius 2 is 0.871 bits per heavy atom. The van der Waals surface area contributed by atoms with Crippen LogP contribution in [0, 0.1) is 0 Å². The minimum absolute atomic E-state index is 0.0569. The number of Topliss-reactive ketones (excluding diaryl/α,β-unsaturated/α-hetero) is 4. The summed E-state index contributed by atoms with van der Waals surface area (Å²) >= 11 is 0. The zero-order valence-electron chi connectivity index (χ0n) is 35.1. The molecule has 62 heavy (non-hydrogen) atoms. The van der Waals surface area contributed by atoms with Crippen LogP contribution in [0.15, 0.2) is 34.4 Å². The highest BCUT2D eigenvalue weighted by molar-refractivity contribution is 6.32. The summed E-state index contributed by atoms with van der Waals surface area (Å²) in [6, 6.07) is 2.07. The van der Waals surface area contributed by atoms with Gasteiger partial charge in [0, 0.05) is 74.0 Å². The lowest BCUT2D eigenvalue weighted by Crippen LogP contribution is -2.39. The normalized spacial score (nSPS) is 20.3. The summed E-state index contributed by atoms with van der Waals surface area (Å²) in [6.07, 6.45) is -4.93. The molecule has 4 unspecified atom stereocenters. The van der Waals surface area contributed by atoms with Gasteiger partial charge in [-0.25, -0.2) is 0 Å². The molecule has 18 heteroatoms. The van der Waals surface area contributed by atoms with Crippen LogP contribution in [-0.2, 0) is 47.7 Å². The van der Waals surface area contributed by atoms with E-state index in [1.165, 1.54) is 13.8 Å². The minimum atomic E-state index is -1.10. The maximum Gasteiger partial charge on any atom is 0.308 e. The number of benzene rings is 2. The number of rotatable bonds is 11. The van der Waals surface area contributed by atoms with E-state index in [4.69, 9.17) is 37.9 Å². The predicted octanol–water partition coefficient (Wildman–Crippen LogP) is 4.67. The van der Waals surface area contributed by atoms with Gasteiger partial charge in [0.25, 0.3) is 0 Å². The topological polar surface area (TPSA) is 245 Å². The molecule has 0 aromatic heterocycles. The Morgan fingerprint density at radius 3 is 1.18 bits per heavy atom. The fourth-order valence-corrected chi connectivity index (χ4v) is 8.21. The lowest BCUT2D eigenvalue weighted by molar-refractivity contribution is -0.148. The van der Waals surface area contributed by atoms with Crippen LogP contribution < -0.4 is 18.9 Å². The molecular weight excluding hydrogens is 816 g/mol. The van der Waals surface area contributed by atoms with Gasteiger partial charge in [0.1, 0.15) is 11.5 Å². The predicted molar refractivity (Wildman–Crippen MR) is 209 cm³/mol. The zero-order valence-corrected chi connectivity index (χ0v) is 35.1. The van der Waals surface area contributed by atoms with E-state index in [9.17, 15) is 47.9 Å². The summed E-state index contributed by atoms with van der Waals surface area (Å²) in [4.78, 5) is 135. The van der Waals surface area contributed by atoms with Crippen molar-refractivity contribution in [3.05, 3.63) is 56.7 Å². The summed E-state index contributed by atoms with van der Waals surface area (Å²) in [5.41, 5.74) is -3.34. The molecule has 0 bridgehead atoms. The lowest BCUT2D eigenvalue weighted by Gasteiger charge is -2.35. The molecule has 18 nitrogen and oxygen atoms in total. The molecule has 2 aliphatic carbocycles. The quantitative estimate of drug-likeness (QED) is 0.220. The van der Waals surface area contributed by atoms with Gasteiger partial charge >= 0.3 is 35.8 Å². The fraction of sp³-hybridized carbons (Fsp3) is 0.409. The third-order valence-electron chi connectivity index (χ3n) is 10.2. The number of hydrogen-bond donors (Lipinski definition) is 0. The third kappa shape index (κ3) is 8.47. The molecule has 2 heterocycles. The van der Waals surface area contributed by atoms with Crippen molar-refractivity contribution in [1.82, 2.24) is 0 Å². The van der Waals surface area contributed by atoms with Crippen LogP contribution in [0.5, 0.6) is 23.0 Å². The molecule has 0 radical (unpaired) electrons. The van der Waals surface area contributed by atoms with Crippen LogP contribution in [-0.4, -0.2) is 96.6 Å². The van der Waals surface area contributed by atoms with E-state index in [1.54, 1.807) is 13.8 Å². The summed E-state index contributed by atoms with van der Waals surface area (Å²) < 4.78 is 44.5. The minimum Gasteiger partial charge on any atom is -0.466 e. The molecule has 2 aromatic carbocycles. The SMILES string of the molecule is CCOC(=O)CC1CC2=C(C(=O)c3c(OC(C)=O)c(-c4cc(OC(C)=O)c5c(c4OC(C)=O)C(=O)C4=C(CC(CC(=O)OCC)OC4C)C5=O)cc(OC(C)=O)c3C2=O)C(C)O1. The number of ether oxygens (including phenoxy) is 8. The van der Waals surface area contributed by atoms with Gasteiger partial charge in [-0.3, -0.25) is 47.9 Å². The maximum atomic E-state index is 14.8. The Morgan fingerprint density at radius 1 is 0.532 bits per heavy atom. The largest absolute Gasteiger partial charge is 0.466 e. The highest BCUT2D eigenvalue weighted by atomic mass is 16.6. The number of fused-ring (bicyclic) bond motifs is 2. The first-order chi connectivity index (χ1) is 29.3. The van der Waals surface area contributed by atoms with Crippen molar-refractivity contribution in [2.75, 3.05) is 13.2 Å². The van der Waals surface area contributed by atoms with Crippen LogP contribution in [0.25, 0.3) is 11.1 Å². The van der Waals surface area contributed by atoms with E-state index in [-0.39, 0.29) is 72.3 Å². The van der Waals surface area contributed by atoms with Gasteiger partial charge in [0.05, 0.1) is 72.7 Å². The number of ketones is 4. The van der Waals surface area contributed by atoms with Crippen LogP contribution in [0.1, 0.15) is 123 Å². The first-order valence-corrected chi connectivity index (χ1v) is 19.7. The fourth-order valence-electron chi connectivity index (χ4n) is 8.21. The Kier molecular flexibility index (Phi) is 12.8. The highest BCUT2D eigenvalue weighted by Crippen LogP contribution is 2.53. The van der Waals surface area contributed by atoms with Crippen LogP contribution in [0.4, 0.5) is 0 Å². The van der Waals surface area contributed by atoms with Crippen molar-refractivity contribution in [1.29, 1.82) is 0 Å². The maximum absolute atomic E-state index is 14.8. The van der Waals surface area contributed by atoms with Gasteiger partial charge < -0.3 is 37.9 Å². The van der Waals surface area contributed by atoms with E-state index in [1.807, 2.05) is 0 Å². The van der Waals surface area contributed by atoms with Gasteiger partial charge in [0.2, 0.25) is 0 Å². The van der Waals surface area contributed by atoms with Gasteiger partial charge in [0.15, 0.2) is 34.6 Å². The Hall–Kier alpha value is -6.66. The molecule has 4 aliphatic rings. The molecule has 0 saturated heterocycles. The second-order valence-corrected chi connectivity index (χ2v) is 14.7. The Bertz CT molecular complexity index is 2300. The van der Waals surface area contributed by atoms with E-state index >= 15 is 0 Å². The Labute approximate surface area is 353 Å². The molecule has 4 atom stereocenters. The molecule has 2 aromatic rings. The van der Waals surface area contributed by atoms with Crippen molar-refractivity contribution >= 4 is 58.9 Å². The first-order valence-electron chi connectivity index (χ1n) is 19.7. The van der Waals surface area contributed by atoms with Crippen LogP contribution in [0.2, 0.25) is 0 Å². The third-order valence-corrected chi connectivity index (χ3v) is 10.2. The zero-order chi connectivity index (χ0) is 45.5. The van der Waals surface area contributed by atoms with E-state index in [0.717, 1.165) is 39.8 Å². The standard InChI is InChI=1S/C44H42O18/c1-9-55-31(49)13-23-11-27-33(17(3)57-23)41(53)37-35(39(27)51)29(59-19(5)45)15-25(43(37)61-21(7)47)26-16-30(60-20(6)46)36-38(44(26)62-22(8)48)42(54)34-18(4)58-24(12-28(34)40(36)52)14-32(50)56-10-2/h15-18,23-24H,9-14H2,1-8H3. The number of carbonyl (C=O) groups excluding carboxylic acids is 10. The summed E-state index contributed by atoms with van der Waals surface area (Å²) in [5, 5.41) is 0. The Balaban J connectivity index is 1.64. The molecule has 326 valence electrons. The number of carbonyl (C=O) groups is 10. The second kappa shape index (κ2) is 17.7. The van der Waals surface area contributed by atoms with Crippen molar-refractivity contribution in [3.8, 4) is 34.1 Å². The van der Waals surface area contributed by atoms with Crippen molar-refractivity contribution in [2.45, 2.75) is 105 Å². The average molecular weight is 859 g/mol. The molecule has 0 amide bonds. The van der Waals surface area contributed by atoms with E-state index in [2.05, 4.69) is 0 Å². The van der Waals surface area contributed by atoms with Crippen molar-refractivity contribution in [3.63, 3.8) is 0 Å². The van der Waals surface area contributed by atoms with Crippen molar-refractivity contribution in [2.24, 2.45) is 0 Å². The summed E-state index contributed by atoms with van der Waals surface area (Å²) in [5.74, 6) is -10.9. The summed E-state index contributed by atoms with van der Waals surface area (Å²) in [7, 11) is 0. The average Bonchev–Trinajstić information content (AvgIpc) is 3.15. The summed E-state index contributed by atoms with van der Waals surface area (Å²) in [6.45, 7) is 10.4. The molecule has 0 fully saturated rings. The van der Waals surface area contributed by atoms with E-state index < -0.39 is 129 Å². The van der Waals surface area contributed by atoms with Crippen molar-refractivity contribution < 1.29 is 85.8 Å². The molecule has 2 aliphatic heterocycles. The van der Waals surface area contributed by atoms with Crippen LogP contribution >= 0.6 is 0 Å². The molecule has 6 rings (SSSR count). The van der Waals surface area contributed by atoms with Crippen LogP contribution in [0.3, 0.4) is 0 Å².